The number of carbonyl (C=O) groups is 3. The van der Waals surface area contributed by atoms with Crippen LogP contribution in [-0.4, -0.2) is 169 Å². The topological polar surface area (TPSA) is 218 Å². The number of ether oxygens (including phenoxy) is 2. The van der Waals surface area contributed by atoms with Crippen LogP contribution in [0, 0.1) is 70.0 Å². The summed E-state index contributed by atoms with van der Waals surface area (Å²) in [6, 6.07) is 26.5. The second-order valence-corrected chi connectivity index (χ2v) is 32.1. The Hall–Kier alpha value is -5.19. The number of halogens is 1. The number of hydrogen-bond donors (Lipinski definition) is 7. The maximum Gasteiger partial charge on any atom is 0.251 e. The van der Waals surface area contributed by atoms with E-state index < -0.39 is 48.3 Å². The molecule has 0 unspecified atom stereocenters. The molecule has 0 spiro atoms. The lowest BCUT2D eigenvalue weighted by molar-refractivity contribution is -0.183. The normalized spacial score (nSPS) is 30.6. The zero-order valence-corrected chi connectivity index (χ0v) is 59.8. The van der Waals surface area contributed by atoms with E-state index in [-0.39, 0.29) is 61.0 Å². The van der Waals surface area contributed by atoms with E-state index in [2.05, 4.69) is 96.5 Å². The molecule has 2 saturated heterocycles. The van der Waals surface area contributed by atoms with Gasteiger partial charge in [0, 0.05) is 78.5 Å². The molecule has 2 aliphatic heterocycles. The van der Waals surface area contributed by atoms with Crippen molar-refractivity contribution in [3.8, 4) is 22.6 Å². The average molecular weight is 1380 g/mol. The number of fused-ring (bicyclic) bond motifs is 4. The van der Waals surface area contributed by atoms with Gasteiger partial charge >= 0.3 is 0 Å². The Bertz CT molecular complexity index is 3310. The molecule has 18 nitrogen and oxygen atoms in total. The van der Waals surface area contributed by atoms with E-state index in [9.17, 15) is 34.8 Å². The number of aliphatic hydroxyl groups is 4. The first kappa shape index (κ1) is 71.1. The number of para-hydroxylation sites is 2. The van der Waals surface area contributed by atoms with Crippen LogP contribution >= 0.6 is 15.9 Å². The summed E-state index contributed by atoms with van der Waals surface area (Å²) in [5.74, 6) is 3.96. The van der Waals surface area contributed by atoms with Crippen molar-refractivity contribution in [2.45, 2.75) is 181 Å². The molecule has 7 N–H and O–H groups in total. The fraction of sp³-hybridized carbons (Fsp3) is 0.645. The molecular formula is C76H108BrN7O11. The molecule has 4 aromatic carbocycles. The van der Waals surface area contributed by atoms with Crippen LogP contribution < -0.4 is 30.3 Å². The van der Waals surface area contributed by atoms with Crippen LogP contribution in [0.1, 0.15) is 134 Å². The molecular weight excluding hydrogens is 1270 g/mol. The maximum absolute atomic E-state index is 14.5. The van der Waals surface area contributed by atoms with Crippen molar-refractivity contribution >= 4 is 39.3 Å². The second kappa shape index (κ2) is 29.7. The molecule has 10 aliphatic rings. The van der Waals surface area contributed by atoms with Gasteiger partial charge < -0.3 is 55.7 Å². The SMILES string of the molecule is C[C@@H]1[C@@H](NC(=O)[C@@H]2[C@H]([C@H](C)O)[C@H](CO)ON2Cc2cccc(-c3cc(C(=O)N[C@@H](Cc4ccccc4)CN(C)C)cc(N(C)C)c3)c2OCC2CC2)C[C@H]2C[C@@H]1C2(C)C.C[C@@H]1[C@@H](NC(=O)[C@@H]2[C@H]([C@H](C)O)[C@H](CO)ON2Cc2cccc(Br)c2OCC2CC2)C[C@H]2C[C@@H]1C2(C)C. The summed E-state index contributed by atoms with van der Waals surface area (Å²) >= 11 is 3.62. The number of benzene rings is 4. The molecule has 8 saturated carbocycles. The highest BCUT2D eigenvalue weighted by molar-refractivity contribution is 9.10. The van der Waals surface area contributed by atoms with Crippen molar-refractivity contribution in [1.29, 1.82) is 0 Å². The number of carbonyl (C=O) groups excluding carboxylic acids is 3. The Balaban J connectivity index is 0.000000217. The van der Waals surface area contributed by atoms with Gasteiger partial charge in [0.2, 0.25) is 11.8 Å². The largest absolute Gasteiger partial charge is 0.492 e. The number of hydrogen-bond acceptors (Lipinski definition) is 15. The monoisotopic (exact) mass is 1370 g/mol. The third-order valence-corrected chi connectivity index (χ3v) is 24.1. The van der Waals surface area contributed by atoms with Gasteiger partial charge in [0.05, 0.1) is 56.2 Å². The zero-order valence-electron chi connectivity index (χ0n) is 58.2. The molecule has 4 aromatic rings. The predicted molar refractivity (Wildman–Crippen MR) is 372 cm³/mol. The highest BCUT2D eigenvalue weighted by atomic mass is 79.9. The van der Waals surface area contributed by atoms with Crippen molar-refractivity contribution in [3.63, 3.8) is 0 Å². The first-order valence-corrected chi connectivity index (χ1v) is 36.1. The average Bonchev–Trinajstić information content (AvgIpc) is 1.67. The number of nitrogens with zero attached hydrogens (tertiary/aromatic N) is 4. The van der Waals surface area contributed by atoms with Crippen molar-refractivity contribution in [1.82, 2.24) is 31.0 Å². The van der Waals surface area contributed by atoms with Crippen LogP contribution in [0.25, 0.3) is 11.1 Å². The number of rotatable bonds is 26. The molecule has 19 heteroatoms. The number of likely N-dealkylation sites (N-methyl/N-ethyl adjacent to an activating group) is 1. The van der Waals surface area contributed by atoms with E-state index in [0.717, 1.165) is 69.4 Å². The highest BCUT2D eigenvalue weighted by Crippen LogP contribution is 2.62. The molecule has 4 bridgehead atoms. The Morgan fingerprint density at radius 3 is 1.61 bits per heavy atom. The van der Waals surface area contributed by atoms with E-state index in [1.165, 1.54) is 25.7 Å². The highest BCUT2D eigenvalue weighted by Gasteiger charge is 2.59. The lowest BCUT2D eigenvalue weighted by atomic mass is 9.45. The van der Waals surface area contributed by atoms with E-state index >= 15 is 0 Å². The Morgan fingerprint density at radius 1 is 0.663 bits per heavy atom. The zero-order chi connectivity index (χ0) is 67.9. The molecule has 0 radical (unpaired) electrons. The maximum atomic E-state index is 14.5. The standard InChI is InChI=1S/C48H67N5O6.C28H41BrN2O5/c1-29-40-23-36(48(40,3)4)24-41(29)50-47(57)44-43(30(2)55)42(27-54)59-53(44)25-33-15-12-16-39(45(33)58-28-32-17-18-32)34-20-35(22-38(21-34)52(7)8)46(56)49-37(26-51(5)6)19-31-13-10-9-11-14-31;1-15-20-10-19(28(20,3)4)11-22(15)30-27(34)25-24(16(2)33)23(13-32)36-31(25)12-18-6-5-7-21(29)26(18)35-14-17-8-9-17/h9-16,20-22,29-30,32,36-37,40-44,54-55H,17-19,23-28H2,1-8H3,(H,49,56)(H,50,57);5-7,15-17,19-20,22-25,32-33H,8-14H2,1-4H3,(H,30,34)/t29-,30-,36+,37-,40-,41-,42-,43+,44-;15-,16-,19+,20-,22-,23-,24+,25-/m00/s1. The third-order valence-electron chi connectivity index (χ3n) is 23.5. The quantitative estimate of drug-likeness (QED) is 0.0311. The van der Waals surface area contributed by atoms with Crippen molar-refractivity contribution in [2.24, 2.45) is 70.0 Å². The molecule has 14 rings (SSSR count). The van der Waals surface area contributed by atoms with Crippen LogP contribution in [-0.2, 0) is 38.8 Å². The van der Waals surface area contributed by atoms with E-state index in [1.54, 1.807) is 24.0 Å². The molecule has 95 heavy (non-hydrogen) atoms. The summed E-state index contributed by atoms with van der Waals surface area (Å²) in [5.41, 5.74) is 6.58. The van der Waals surface area contributed by atoms with Gasteiger partial charge in [-0.3, -0.25) is 24.1 Å². The van der Waals surface area contributed by atoms with Gasteiger partial charge in [-0.15, -0.1) is 0 Å². The van der Waals surface area contributed by atoms with E-state index in [4.69, 9.17) is 19.1 Å². The van der Waals surface area contributed by atoms with Crippen LogP contribution in [0.3, 0.4) is 0 Å². The minimum Gasteiger partial charge on any atom is -0.492 e. The van der Waals surface area contributed by atoms with Gasteiger partial charge in [-0.1, -0.05) is 102 Å². The summed E-state index contributed by atoms with van der Waals surface area (Å²) in [7, 11) is 7.97. The van der Waals surface area contributed by atoms with Gasteiger partial charge in [0.25, 0.3) is 5.91 Å². The van der Waals surface area contributed by atoms with E-state index in [0.29, 0.717) is 96.8 Å². The van der Waals surface area contributed by atoms with E-state index in [1.807, 2.05) is 99.8 Å². The molecule has 10 fully saturated rings. The molecule has 8 aliphatic carbocycles. The number of hydroxylamine groups is 4. The minimum absolute atomic E-state index is 0.0385. The molecule has 3 amide bonds. The van der Waals surface area contributed by atoms with Gasteiger partial charge in [-0.2, -0.15) is 10.1 Å². The van der Waals surface area contributed by atoms with Crippen LogP contribution in [0.15, 0.2) is 89.4 Å². The first-order valence-electron chi connectivity index (χ1n) is 35.3. The minimum atomic E-state index is -0.899. The summed E-state index contributed by atoms with van der Waals surface area (Å²) in [6.45, 7) is 19.1. The lowest BCUT2D eigenvalue weighted by Crippen LogP contribution is -2.62. The van der Waals surface area contributed by atoms with Crippen LogP contribution in [0.4, 0.5) is 5.69 Å². The summed E-state index contributed by atoms with van der Waals surface area (Å²) in [6.07, 6.45) is 6.57. The Kier molecular flexibility index (Phi) is 22.2. The molecule has 17 atom stereocenters. The number of aliphatic hydroxyl groups excluding tert-OH is 4. The fourth-order valence-electron chi connectivity index (χ4n) is 17.1. The lowest BCUT2D eigenvalue weighted by Gasteiger charge is -2.62. The van der Waals surface area contributed by atoms with Gasteiger partial charge in [0.15, 0.2) is 0 Å². The third kappa shape index (κ3) is 15.6. The van der Waals surface area contributed by atoms with Gasteiger partial charge in [-0.05, 0) is 195 Å². The molecule has 0 aromatic heterocycles. The van der Waals surface area contributed by atoms with Gasteiger partial charge in [0.1, 0.15) is 35.8 Å². The Morgan fingerprint density at radius 2 is 1.16 bits per heavy atom. The first-order chi connectivity index (χ1) is 45.2. The van der Waals surface area contributed by atoms with Crippen LogP contribution in [0.2, 0.25) is 0 Å². The summed E-state index contributed by atoms with van der Waals surface area (Å²) in [4.78, 5) is 59.1. The number of anilines is 1. The van der Waals surface area contributed by atoms with Crippen LogP contribution in [0.5, 0.6) is 11.5 Å². The van der Waals surface area contributed by atoms with Crippen molar-refractivity contribution < 1.29 is 54.0 Å². The summed E-state index contributed by atoms with van der Waals surface area (Å²) in [5, 5.41) is 55.6. The fourth-order valence-corrected chi connectivity index (χ4v) is 17.7. The second-order valence-electron chi connectivity index (χ2n) is 31.3. The summed E-state index contributed by atoms with van der Waals surface area (Å²) < 4.78 is 13.8. The Labute approximate surface area is 572 Å². The molecule has 2 heterocycles. The number of amides is 3. The smallest absolute Gasteiger partial charge is 0.251 e. The predicted octanol–water partition coefficient (Wildman–Crippen LogP) is 9.67. The number of nitrogens with one attached hydrogen (secondary N) is 3. The van der Waals surface area contributed by atoms with Crippen molar-refractivity contribution in [2.75, 3.05) is 66.1 Å². The van der Waals surface area contributed by atoms with Gasteiger partial charge in [-0.25, -0.2) is 0 Å². The molecule has 520 valence electrons. The van der Waals surface area contributed by atoms with Crippen molar-refractivity contribution in [3.05, 3.63) is 112 Å².